The van der Waals surface area contributed by atoms with Crippen molar-refractivity contribution in [2.45, 2.75) is 43.9 Å². The number of sulfonamides is 1. The molecule has 0 radical (unpaired) electrons. The van der Waals surface area contributed by atoms with Crippen LogP contribution in [0.2, 0.25) is 0 Å². The van der Waals surface area contributed by atoms with Gasteiger partial charge in [0.05, 0.1) is 11.5 Å². The minimum Gasteiger partial charge on any atom is -0.464 e. The molecule has 3 N–H and O–H groups in total. The van der Waals surface area contributed by atoms with Crippen LogP contribution < -0.4 is 15.4 Å². The van der Waals surface area contributed by atoms with E-state index in [1.807, 2.05) is 10.6 Å². The highest BCUT2D eigenvalue weighted by Crippen LogP contribution is 2.25. The number of esters is 1. The number of hydrogen-bond acceptors (Lipinski definition) is 8. The van der Waals surface area contributed by atoms with Crippen LogP contribution in [-0.2, 0) is 24.3 Å². The van der Waals surface area contributed by atoms with Gasteiger partial charge in [-0.15, -0.1) is 0 Å². The molecule has 1 aromatic carbocycles. The van der Waals surface area contributed by atoms with Crippen molar-refractivity contribution in [3.63, 3.8) is 0 Å². The van der Waals surface area contributed by atoms with Gasteiger partial charge in [0.2, 0.25) is 6.04 Å². The van der Waals surface area contributed by atoms with Crippen LogP contribution in [-0.4, -0.2) is 50.3 Å². The van der Waals surface area contributed by atoms with E-state index in [1.54, 1.807) is 6.92 Å². The SMILES string of the molecule is CCOC(=O)C(C)NC(=O)C(Nc1ccc(S(=O)(=O)Nc2cc(C)on2)cc1)C(F)(F)F. The number of aryl methyl sites for hydroxylation is 1. The maximum Gasteiger partial charge on any atom is 0.417 e. The van der Waals surface area contributed by atoms with Gasteiger partial charge in [-0.05, 0) is 45.0 Å². The molecular weight excluding hydrogens is 457 g/mol. The second-order valence-electron chi connectivity index (χ2n) is 6.55. The zero-order valence-electron chi connectivity index (χ0n) is 17.2. The molecule has 2 aromatic rings. The molecule has 32 heavy (non-hydrogen) atoms. The first-order chi connectivity index (χ1) is 14.8. The molecule has 0 saturated carbocycles. The van der Waals surface area contributed by atoms with Crippen LogP contribution >= 0.6 is 0 Å². The number of carbonyl (C=O) groups excluding carboxylic acids is 2. The molecule has 2 rings (SSSR count). The van der Waals surface area contributed by atoms with Crippen LogP contribution in [0.1, 0.15) is 19.6 Å². The highest BCUT2D eigenvalue weighted by molar-refractivity contribution is 7.92. The monoisotopic (exact) mass is 478 g/mol. The Balaban J connectivity index is 2.14. The zero-order valence-corrected chi connectivity index (χ0v) is 18.0. The zero-order chi connectivity index (χ0) is 24.1. The summed E-state index contributed by atoms with van der Waals surface area (Å²) in [6, 6.07) is 1.56. The van der Waals surface area contributed by atoms with Gasteiger partial charge in [0.1, 0.15) is 11.8 Å². The summed E-state index contributed by atoms with van der Waals surface area (Å²) in [7, 11) is -4.07. The average Bonchev–Trinajstić information content (AvgIpc) is 3.09. The third-order valence-electron chi connectivity index (χ3n) is 3.93. The van der Waals surface area contributed by atoms with Crippen molar-refractivity contribution < 1.29 is 40.4 Å². The Kier molecular flexibility index (Phi) is 7.72. The molecule has 2 unspecified atom stereocenters. The molecule has 2 atom stereocenters. The van der Waals surface area contributed by atoms with Gasteiger partial charge in [-0.3, -0.25) is 9.52 Å². The minimum atomic E-state index is -5.00. The Morgan fingerprint density at radius 1 is 1.22 bits per heavy atom. The molecule has 14 heteroatoms. The second-order valence-corrected chi connectivity index (χ2v) is 8.24. The molecule has 0 aliphatic heterocycles. The van der Waals surface area contributed by atoms with E-state index in [-0.39, 0.29) is 23.0 Å². The highest BCUT2D eigenvalue weighted by atomic mass is 32.2. The molecule has 1 aromatic heterocycles. The van der Waals surface area contributed by atoms with Gasteiger partial charge >= 0.3 is 12.1 Å². The van der Waals surface area contributed by atoms with Crippen LogP contribution in [0, 0.1) is 6.92 Å². The molecule has 0 aliphatic rings. The first-order valence-electron chi connectivity index (χ1n) is 9.20. The first kappa shape index (κ1) is 25.0. The van der Waals surface area contributed by atoms with E-state index >= 15 is 0 Å². The quantitative estimate of drug-likeness (QED) is 0.466. The third-order valence-corrected chi connectivity index (χ3v) is 5.30. The van der Waals surface area contributed by atoms with Crippen molar-refractivity contribution in [3.05, 3.63) is 36.1 Å². The largest absolute Gasteiger partial charge is 0.464 e. The van der Waals surface area contributed by atoms with Gasteiger partial charge in [-0.25, -0.2) is 13.2 Å². The number of anilines is 2. The summed E-state index contributed by atoms with van der Waals surface area (Å²) in [5.41, 5.74) is -0.178. The highest BCUT2D eigenvalue weighted by Gasteiger charge is 2.45. The summed E-state index contributed by atoms with van der Waals surface area (Å²) >= 11 is 0. The Bertz CT molecular complexity index is 1050. The van der Waals surface area contributed by atoms with E-state index in [0.717, 1.165) is 24.3 Å². The minimum absolute atomic E-state index is 0.000370. The predicted octanol–water partition coefficient (Wildman–Crippen LogP) is 2.19. The van der Waals surface area contributed by atoms with Gasteiger partial charge in [-0.1, -0.05) is 5.16 Å². The number of alkyl halides is 3. The molecule has 0 spiro atoms. The number of carbonyl (C=O) groups is 2. The van der Waals surface area contributed by atoms with Crippen molar-refractivity contribution in [1.29, 1.82) is 0 Å². The van der Waals surface area contributed by atoms with Crippen molar-refractivity contribution in [2.75, 3.05) is 16.6 Å². The van der Waals surface area contributed by atoms with Gasteiger partial charge in [0.15, 0.2) is 5.82 Å². The molecule has 0 saturated heterocycles. The number of halogens is 3. The van der Waals surface area contributed by atoms with E-state index < -0.39 is 40.2 Å². The van der Waals surface area contributed by atoms with Crippen LogP contribution in [0.4, 0.5) is 24.7 Å². The summed E-state index contributed by atoms with van der Waals surface area (Å²) < 4.78 is 76.5. The predicted molar refractivity (Wildman–Crippen MR) is 106 cm³/mol. The Morgan fingerprint density at radius 3 is 2.34 bits per heavy atom. The maximum atomic E-state index is 13.4. The van der Waals surface area contributed by atoms with E-state index in [2.05, 4.69) is 14.6 Å². The average molecular weight is 478 g/mol. The normalized spacial score (nSPS) is 13.7. The Labute approximate surface area is 181 Å². The molecule has 0 bridgehead atoms. The third kappa shape index (κ3) is 6.60. The number of ether oxygens (including phenoxy) is 1. The number of amides is 1. The van der Waals surface area contributed by atoms with Gasteiger partial charge in [0.25, 0.3) is 15.9 Å². The van der Waals surface area contributed by atoms with Crippen molar-refractivity contribution in [2.24, 2.45) is 0 Å². The smallest absolute Gasteiger partial charge is 0.417 e. The number of nitrogens with zero attached hydrogens (tertiary/aromatic N) is 1. The summed E-state index contributed by atoms with van der Waals surface area (Å²) in [4.78, 5) is 23.4. The standard InChI is InChI=1S/C18H21F3N4O6S/c1-4-30-17(27)11(3)22-16(26)15(18(19,20)21)23-12-5-7-13(8-6-12)32(28,29)25-14-9-10(2)31-24-14/h5-9,11,15,23H,4H2,1-3H3,(H,22,26)(H,24,25). The van der Waals surface area contributed by atoms with Gasteiger partial charge < -0.3 is 19.9 Å². The molecule has 0 fully saturated rings. The van der Waals surface area contributed by atoms with E-state index in [1.165, 1.54) is 19.9 Å². The van der Waals surface area contributed by atoms with Crippen LogP contribution in [0.25, 0.3) is 0 Å². The summed E-state index contributed by atoms with van der Waals surface area (Å²) in [5.74, 6) is -2.07. The number of aromatic nitrogens is 1. The van der Waals surface area contributed by atoms with Crippen molar-refractivity contribution in [3.8, 4) is 0 Å². The summed E-state index contributed by atoms with van der Waals surface area (Å²) in [6.45, 7) is 4.26. The molecule has 1 heterocycles. The van der Waals surface area contributed by atoms with Crippen LogP contribution in [0.5, 0.6) is 0 Å². The topological polar surface area (TPSA) is 140 Å². The second kappa shape index (κ2) is 9.89. The van der Waals surface area contributed by atoms with Crippen LogP contribution in [0.3, 0.4) is 0 Å². The van der Waals surface area contributed by atoms with E-state index in [4.69, 9.17) is 4.52 Å². The van der Waals surface area contributed by atoms with Crippen molar-refractivity contribution >= 4 is 33.4 Å². The molecule has 176 valence electrons. The van der Waals surface area contributed by atoms with E-state index in [9.17, 15) is 31.2 Å². The van der Waals surface area contributed by atoms with Crippen LogP contribution in [0.15, 0.2) is 39.8 Å². The summed E-state index contributed by atoms with van der Waals surface area (Å²) in [6.07, 6.45) is -5.00. The molecule has 0 aliphatic carbocycles. The molecule has 1 amide bonds. The van der Waals surface area contributed by atoms with E-state index in [0.29, 0.717) is 5.76 Å². The number of benzene rings is 1. The fourth-order valence-corrected chi connectivity index (χ4v) is 3.41. The Hall–Kier alpha value is -3.29. The lowest BCUT2D eigenvalue weighted by Gasteiger charge is -2.23. The maximum absolute atomic E-state index is 13.4. The lowest BCUT2D eigenvalue weighted by Crippen LogP contribution is -2.53. The van der Waals surface area contributed by atoms with Crippen molar-refractivity contribution in [1.82, 2.24) is 10.5 Å². The first-order valence-corrected chi connectivity index (χ1v) is 10.7. The van der Waals surface area contributed by atoms with Gasteiger partial charge in [-0.2, -0.15) is 13.2 Å². The van der Waals surface area contributed by atoms with Gasteiger partial charge in [0, 0.05) is 11.8 Å². The fraction of sp³-hybridized carbons (Fsp3) is 0.389. The number of hydrogen-bond donors (Lipinski definition) is 3. The molecule has 10 nitrogen and oxygen atoms in total. The number of nitrogens with one attached hydrogen (secondary N) is 3. The number of rotatable bonds is 9. The molecular formula is C18H21F3N4O6S. The Morgan fingerprint density at radius 2 is 1.84 bits per heavy atom. The fourth-order valence-electron chi connectivity index (χ4n) is 2.43. The summed E-state index contributed by atoms with van der Waals surface area (Å²) in [5, 5.41) is 7.43. The lowest BCUT2D eigenvalue weighted by atomic mass is 10.2. The lowest BCUT2D eigenvalue weighted by molar-refractivity contribution is -0.162.